The molecule has 0 fully saturated rings. The number of rotatable bonds is 6. The first-order valence-electron chi connectivity index (χ1n) is 6.69. The number of hydrogen-bond acceptors (Lipinski definition) is 6. The van der Waals surface area contributed by atoms with E-state index in [1.165, 1.54) is 0 Å². The number of hydrogen-bond donors (Lipinski definition) is 0. The molecule has 0 aliphatic heterocycles. The predicted octanol–water partition coefficient (Wildman–Crippen LogP) is 2.71. The molecule has 0 bridgehead atoms. The van der Waals surface area contributed by atoms with Crippen LogP contribution in [0.25, 0.3) is 0 Å². The van der Waals surface area contributed by atoms with Gasteiger partial charge in [-0.3, -0.25) is 0 Å². The number of halogens is 4. The minimum absolute atomic E-state index is 0.328. The van der Waals surface area contributed by atoms with Gasteiger partial charge in [-0.05, 0) is 31.2 Å². The standard InChI is InChI=1S/C14H10F4O6S2/c1-8(25(19,20)23-13-4-2-9(15)6-11(13)17)26(21,22)24-14-5-3-10(16)7-12(14)18/h2-8H,1H3. The van der Waals surface area contributed by atoms with Crippen molar-refractivity contribution in [2.45, 2.75) is 11.5 Å². The molecule has 142 valence electrons. The van der Waals surface area contributed by atoms with Crippen LogP contribution in [0.15, 0.2) is 36.4 Å². The Bertz CT molecular complexity index is 954. The zero-order valence-electron chi connectivity index (χ0n) is 12.8. The third-order valence-electron chi connectivity index (χ3n) is 3.01. The molecular formula is C14H10F4O6S2. The first-order valence-corrected chi connectivity index (χ1v) is 9.63. The smallest absolute Gasteiger partial charge is 0.330 e. The lowest BCUT2D eigenvalue weighted by Crippen LogP contribution is -2.34. The van der Waals surface area contributed by atoms with Gasteiger partial charge in [-0.15, -0.1) is 0 Å². The molecule has 0 saturated heterocycles. The molecule has 0 saturated carbocycles. The third kappa shape index (κ3) is 4.43. The summed E-state index contributed by atoms with van der Waals surface area (Å²) in [7, 11) is -10.0. The van der Waals surface area contributed by atoms with Gasteiger partial charge in [0.2, 0.25) is 4.58 Å². The van der Waals surface area contributed by atoms with Crippen LogP contribution in [-0.2, 0) is 20.2 Å². The second kappa shape index (κ2) is 7.11. The molecule has 0 atom stereocenters. The molecule has 0 heterocycles. The lowest BCUT2D eigenvalue weighted by molar-refractivity contribution is 0.438. The quantitative estimate of drug-likeness (QED) is 0.534. The van der Waals surface area contributed by atoms with E-state index < -0.39 is 59.6 Å². The molecule has 2 aromatic rings. The van der Waals surface area contributed by atoms with Gasteiger partial charge >= 0.3 is 20.2 Å². The third-order valence-corrected chi connectivity index (χ3v) is 6.88. The van der Waals surface area contributed by atoms with Crippen molar-refractivity contribution in [2.75, 3.05) is 0 Å². The van der Waals surface area contributed by atoms with Crippen molar-refractivity contribution in [3.63, 3.8) is 0 Å². The summed E-state index contributed by atoms with van der Waals surface area (Å²) in [5.41, 5.74) is 0. The van der Waals surface area contributed by atoms with Crippen molar-refractivity contribution in [2.24, 2.45) is 0 Å². The summed E-state index contributed by atoms with van der Waals surface area (Å²) in [6, 6.07) is 3.32. The van der Waals surface area contributed by atoms with Gasteiger partial charge in [-0.1, -0.05) is 0 Å². The second-order valence-corrected chi connectivity index (χ2v) is 8.89. The summed E-state index contributed by atoms with van der Waals surface area (Å²) in [5, 5.41) is 0. The normalized spacial score (nSPS) is 12.2. The summed E-state index contributed by atoms with van der Waals surface area (Å²) in [5.74, 6) is -6.68. The van der Waals surface area contributed by atoms with E-state index in [4.69, 9.17) is 0 Å². The minimum Gasteiger partial charge on any atom is -0.378 e. The summed E-state index contributed by atoms with van der Waals surface area (Å²) in [6.07, 6.45) is 0. The predicted molar refractivity (Wildman–Crippen MR) is 81.3 cm³/mol. The average Bonchev–Trinajstić information content (AvgIpc) is 2.52. The first-order chi connectivity index (χ1) is 11.9. The Labute approximate surface area is 146 Å². The first kappa shape index (κ1) is 20.0. The molecule has 0 aliphatic carbocycles. The Kier molecular flexibility index (Phi) is 5.47. The van der Waals surface area contributed by atoms with Crippen LogP contribution in [-0.4, -0.2) is 21.4 Å². The van der Waals surface area contributed by atoms with Gasteiger partial charge in [0.25, 0.3) is 0 Å². The summed E-state index contributed by atoms with van der Waals surface area (Å²) < 4.78 is 107. The molecule has 2 aromatic carbocycles. The molecule has 0 amide bonds. The number of benzene rings is 2. The van der Waals surface area contributed by atoms with E-state index in [9.17, 15) is 34.4 Å². The van der Waals surface area contributed by atoms with Gasteiger partial charge in [0.15, 0.2) is 23.1 Å². The van der Waals surface area contributed by atoms with Crippen molar-refractivity contribution >= 4 is 20.2 Å². The van der Waals surface area contributed by atoms with Gasteiger partial charge < -0.3 is 8.37 Å². The molecule has 0 aromatic heterocycles. The van der Waals surface area contributed by atoms with E-state index in [0.29, 0.717) is 43.3 Å². The fourth-order valence-corrected chi connectivity index (χ4v) is 4.05. The van der Waals surface area contributed by atoms with E-state index in [0.717, 1.165) is 0 Å². The van der Waals surface area contributed by atoms with Crippen molar-refractivity contribution in [3.05, 3.63) is 59.7 Å². The molecule has 26 heavy (non-hydrogen) atoms. The fourth-order valence-electron chi connectivity index (χ4n) is 1.62. The second-order valence-electron chi connectivity index (χ2n) is 4.87. The van der Waals surface area contributed by atoms with E-state index in [-0.39, 0.29) is 0 Å². The van der Waals surface area contributed by atoms with Gasteiger partial charge in [0.1, 0.15) is 11.6 Å². The lowest BCUT2D eigenvalue weighted by Gasteiger charge is -2.15. The SMILES string of the molecule is CC(S(=O)(=O)Oc1ccc(F)cc1F)S(=O)(=O)Oc1ccc(F)cc1F. The Morgan fingerprint density at radius 1 is 0.731 bits per heavy atom. The van der Waals surface area contributed by atoms with Gasteiger partial charge in [-0.2, -0.15) is 16.8 Å². The lowest BCUT2D eigenvalue weighted by atomic mass is 10.3. The van der Waals surface area contributed by atoms with Crippen LogP contribution in [0, 0.1) is 23.3 Å². The van der Waals surface area contributed by atoms with Crippen molar-refractivity contribution in [1.29, 1.82) is 0 Å². The maximum absolute atomic E-state index is 13.5. The Balaban J connectivity index is 2.28. The zero-order chi connectivity index (χ0) is 19.7. The molecule has 2 rings (SSSR count). The van der Waals surface area contributed by atoms with Crippen molar-refractivity contribution < 1.29 is 42.8 Å². The Hall–Kier alpha value is -2.34. The van der Waals surface area contributed by atoms with E-state index in [1.54, 1.807) is 0 Å². The highest BCUT2D eigenvalue weighted by Gasteiger charge is 2.38. The molecule has 0 radical (unpaired) electrons. The van der Waals surface area contributed by atoms with Crippen LogP contribution >= 0.6 is 0 Å². The van der Waals surface area contributed by atoms with E-state index in [1.807, 2.05) is 0 Å². The monoisotopic (exact) mass is 414 g/mol. The summed E-state index contributed by atoms with van der Waals surface area (Å²) in [6.45, 7) is 0.632. The average molecular weight is 414 g/mol. The van der Waals surface area contributed by atoms with E-state index in [2.05, 4.69) is 8.37 Å². The van der Waals surface area contributed by atoms with Gasteiger partial charge in [0.05, 0.1) is 0 Å². The topological polar surface area (TPSA) is 86.7 Å². The summed E-state index contributed by atoms with van der Waals surface area (Å²) in [4.78, 5) is 0. The largest absolute Gasteiger partial charge is 0.378 e. The molecule has 0 N–H and O–H groups in total. The maximum atomic E-state index is 13.5. The zero-order valence-corrected chi connectivity index (χ0v) is 14.5. The van der Waals surface area contributed by atoms with Gasteiger partial charge in [-0.25, -0.2) is 17.6 Å². The van der Waals surface area contributed by atoms with Crippen molar-refractivity contribution in [3.8, 4) is 11.5 Å². The molecule has 12 heteroatoms. The van der Waals surface area contributed by atoms with Crippen LogP contribution in [0.4, 0.5) is 17.6 Å². The minimum atomic E-state index is -5.02. The van der Waals surface area contributed by atoms with Crippen LogP contribution in [0.1, 0.15) is 6.92 Å². The molecule has 0 spiro atoms. The Morgan fingerprint density at radius 3 is 1.38 bits per heavy atom. The molecule has 0 unspecified atom stereocenters. The molecule has 6 nitrogen and oxygen atoms in total. The Morgan fingerprint density at radius 2 is 1.08 bits per heavy atom. The highest BCUT2D eigenvalue weighted by atomic mass is 32.3. The highest BCUT2D eigenvalue weighted by molar-refractivity contribution is 8.05. The summed E-state index contributed by atoms with van der Waals surface area (Å²) >= 11 is 0. The van der Waals surface area contributed by atoms with Crippen LogP contribution in [0.3, 0.4) is 0 Å². The van der Waals surface area contributed by atoms with Crippen LogP contribution < -0.4 is 8.37 Å². The fraction of sp³-hybridized carbons (Fsp3) is 0.143. The van der Waals surface area contributed by atoms with Gasteiger partial charge in [0, 0.05) is 12.1 Å². The van der Waals surface area contributed by atoms with E-state index >= 15 is 0 Å². The highest BCUT2D eigenvalue weighted by Crippen LogP contribution is 2.25. The van der Waals surface area contributed by atoms with Crippen molar-refractivity contribution in [1.82, 2.24) is 0 Å². The van der Waals surface area contributed by atoms with Crippen LogP contribution in [0.5, 0.6) is 11.5 Å². The van der Waals surface area contributed by atoms with Crippen LogP contribution in [0.2, 0.25) is 0 Å². The molecule has 0 aliphatic rings. The molecular weight excluding hydrogens is 404 g/mol. The maximum Gasteiger partial charge on any atom is 0.330 e.